The average Bonchev–Trinajstić information content (AvgIpc) is 2.86. The molecule has 1 amide bonds. The van der Waals surface area contributed by atoms with Gasteiger partial charge in [-0.05, 0) is 30.5 Å². The van der Waals surface area contributed by atoms with Gasteiger partial charge in [0.1, 0.15) is 0 Å². The number of carbonyl (C=O) groups excluding carboxylic acids is 1. The third-order valence-electron chi connectivity index (χ3n) is 2.51. The van der Waals surface area contributed by atoms with Crippen molar-refractivity contribution in [2.24, 2.45) is 0 Å². The zero-order valence-corrected chi connectivity index (χ0v) is 11.9. The number of nitrogens with one attached hydrogen (secondary N) is 1. The van der Waals surface area contributed by atoms with Gasteiger partial charge in [-0.15, -0.1) is 11.3 Å². The maximum atomic E-state index is 12.1. The van der Waals surface area contributed by atoms with Gasteiger partial charge in [0.2, 0.25) is 0 Å². The molecule has 5 heteroatoms. The fraction of sp³-hybridized carbons (Fsp3) is 0.154. The Morgan fingerprint density at radius 1 is 1.28 bits per heavy atom. The number of thiophene rings is 1. The first kappa shape index (κ1) is 13.4. The Hall–Kier alpha value is -1.03. The second kappa shape index (κ2) is 5.74. The number of amides is 1. The lowest BCUT2D eigenvalue weighted by atomic mass is 10.2. The van der Waals surface area contributed by atoms with Gasteiger partial charge in [0.05, 0.1) is 21.7 Å². The van der Waals surface area contributed by atoms with Crippen molar-refractivity contribution in [3.8, 4) is 0 Å². The van der Waals surface area contributed by atoms with Crippen LogP contribution in [0.5, 0.6) is 0 Å². The summed E-state index contributed by atoms with van der Waals surface area (Å²) in [7, 11) is 0. The quantitative estimate of drug-likeness (QED) is 0.885. The van der Waals surface area contributed by atoms with Crippen molar-refractivity contribution in [3.05, 3.63) is 56.2 Å². The van der Waals surface area contributed by atoms with Gasteiger partial charge in [0.15, 0.2) is 0 Å². The van der Waals surface area contributed by atoms with E-state index in [4.69, 9.17) is 23.2 Å². The van der Waals surface area contributed by atoms with Gasteiger partial charge >= 0.3 is 0 Å². The minimum atomic E-state index is -0.219. The molecule has 1 aromatic carbocycles. The summed E-state index contributed by atoms with van der Waals surface area (Å²) in [6.45, 7) is 1.93. The fourth-order valence-corrected chi connectivity index (χ4v) is 2.68. The molecule has 2 rings (SSSR count). The first-order chi connectivity index (χ1) is 8.59. The zero-order chi connectivity index (χ0) is 13.1. The van der Waals surface area contributed by atoms with E-state index in [-0.39, 0.29) is 17.0 Å². The summed E-state index contributed by atoms with van der Waals surface area (Å²) < 4.78 is 0. The van der Waals surface area contributed by atoms with Crippen LogP contribution in [0.15, 0.2) is 35.7 Å². The number of hydrogen-bond acceptors (Lipinski definition) is 2. The lowest BCUT2D eigenvalue weighted by Gasteiger charge is -2.13. The molecule has 0 aliphatic carbocycles. The molecule has 0 radical (unpaired) electrons. The highest BCUT2D eigenvalue weighted by molar-refractivity contribution is 7.10. The summed E-state index contributed by atoms with van der Waals surface area (Å²) in [5, 5.41) is 5.54. The van der Waals surface area contributed by atoms with Crippen LogP contribution in [0, 0.1) is 0 Å². The molecule has 2 aromatic rings. The van der Waals surface area contributed by atoms with Crippen LogP contribution >= 0.6 is 34.5 Å². The highest BCUT2D eigenvalue weighted by Gasteiger charge is 2.15. The van der Waals surface area contributed by atoms with Crippen LogP contribution in [-0.2, 0) is 0 Å². The maximum absolute atomic E-state index is 12.1. The second-order valence-corrected chi connectivity index (χ2v) is 5.58. The normalized spacial score (nSPS) is 12.2. The number of rotatable bonds is 3. The molecule has 1 heterocycles. The van der Waals surface area contributed by atoms with Crippen LogP contribution in [0.3, 0.4) is 0 Å². The third kappa shape index (κ3) is 2.86. The molecule has 1 aromatic heterocycles. The zero-order valence-electron chi connectivity index (χ0n) is 9.61. The standard InChI is InChI=1S/C13H11Cl2NOS/c1-8(11-6-3-7-18-11)16-13(17)9-4-2-5-10(14)12(9)15/h2-8H,1H3,(H,16,17)/t8-/m0/s1. The van der Waals surface area contributed by atoms with E-state index in [2.05, 4.69) is 5.32 Å². The molecule has 0 saturated carbocycles. The molecule has 0 fully saturated rings. The van der Waals surface area contributed by atoms with Gasteiger partial charge in [-0.3, -0.25) is 4.79 Å². The summed E-state index contributed by atoms with van der Waals surface area (Å²) in [4.78, 5) is 13.2. The molecule has 1 N–H and O–H groups in total. The Morgan fingerprint density at radius 2 is 2.06 bits per heavy atom. The van der Waals surface area contributed by atoms with Gasteiger partial charge in [-0.2, -0.15) is 0 Å². The molecule has 2 nitrogen and oxygen atoms in total. The third-order valence-corrected chi connectivity index (χ3v) is 4.39. The van der Waals surface area contributed by atoms with E-state index < -0.39 is 0 Å². The summed E-state index contributed by atoms with van der Waals surface area (Å²) >= 11 is 13.5. The lowest BCUT2D eigenvalue weighted by Crippen LogP contribution is -2.26. The Bertz CT molecular complexity index is 554. The summed E-state index contributed by atoms with van der Waals surface area (Å²) in [6.07, 6.45) is 0. The van der Waals surface area contributed by atoms with Crippen LogP contribution in [-0.4, -0.2) is 5.91 Å². The highest BCUT2D eigenvalue weighted by Crippen LogP contribution is 2.26. The largest absolute Gasteiger partial charge is 0.345 e. The molecule has 0 saturated heterocycles. The van der Waals surface area contributed by atoms with E-state index in [9.17, 15) is 4.79 Å². The van der Waals surface area contributed by atoms with Gasteiger partial charge in [-0.25, -0.2) is 0 Å². The van der Waals surface area contributed by atoms with E-state index in [0.717, 1.165) is 4.88 Å². The van der Waals surface area contributed by atoms with Crippen molar-refractivity contribution in [1.82, 2.24) is 5.32 Å². The topological polar surface area (TPSA) is 29.1 Å². The van der Waals surface area contributed by atoms with E-state index >= 15 is 0 Å². The van der Waals surface area contributed by atoms with Gasteiger partial charge in [0, 0.05) is 4.88 Å². The molecule has 0 bridgehead atoms. The lowest BCUT2D eigenvalue weighted by molar-refractivity contribution is 0.0940. The molecule has 0 aliphatic rings. The molecular weight excluding hydrogens is 289 g/mol. The van der Waals surface area contributed by atoms with E-state index in [0.29, 0.717) is 10.6 Å². The van der Waals surface area contributed by atoms with Gasteiger partial charge < -0.3 is 5.32 Å². The van der Waals surface area contributed by atoms with Crippen LogP contribution in [0.2, 0.25) is 10.0 Å². The predicted octanol–water partition coefficient (Wildman–Crippen LogP) is 4.55. The predicted molar refractivity (Wildman–Crippen MR) is 76.7 cm³/mol. The Balaban J connectivity index is 2.15. The van der Waals surface area contributed by atoms with Crippen molar-refractivity contribution < 1.29 is 4.79 Å². The van der Waals surface area contributed by atoms with Crippen molar-refractivity contribution in [1.29, 1.82) is 0 Å². The van der Waals surface area contributed by atoms with Crippen molar-refractivity contribution in [2.75, 3.05) is 0 Å². The van der Waals surface area contributed by atoms with E-state index in [1.807, 2.05) is 24.4 Å². The molecular formula is C13H11Cl2NOS. The minimum Gasteiger partial charge on any atom is -0.345 e. The Kier molecular flexibility index (Phi) is 4.27. The van der Waals surface area contributed by atoms with E-state index in [1.54, 1.807) is 29.5 Å². The highest BCUT2D eigenvalue weighted by atomic mass is 35.5. The molecule has 0 unspecified atom stereocenters. The maximum Gasteiger partial charge on any atom is 0.253 e. The van der Waals surface area contributed by atoms with Crippen molar-refractivity contribution >= 4 is 40.4 Å². The van der Waals surface area contributed by atoms with Gasteiger partial charge in [0.25, 0.3) is 5.91 Å². The Labute approximate surface area is 120 Å². The molecule has 18 heavy (non-hydrogen) atoms. The van der Waals surface area contributed by atoms with E-state index in [1.165, 1.54) is 0 Å². The fourth-order valence-electron chi connectivity index (χ4n) is 1.56. The van der Waals surface area contributed by atoms with Crippen LogP contribution in [0.25, 0.3) is 0 Å². The van der Waals surface area contributed by atoms with Crippen LogP contribution in [0.4, 0.5) is 0 Å². The van der Waals surface area contributed by atoms with Gasteiger partial charge in [-0.1, -0.05) is 35.3 Å². The minimum absolute atomic E-state index is 0.0486. The molecule has 94 valence electrons. The Morgan fingerprint density at radius 3 is 2.72 bits per heavy atom. The summed E-state index contributed by atoms with van der Waals surface area (Å²) in [5.41, 5.74) is 0.396. The molecule has 0 spiro atoms. The summed E-state index contributed by atoms with van der Waals surface area (Å²) in [5.74, 6) is -0.219. The summed E-state index contributed by atoms with van der Waals surface area (Å²) in [6, 6.07) is 8.91. The monoisotopic (exact) mass is 299 g/mol. The SMILES string of the molecule is C[C@H](NC(=O)c1cccc(Cl)c1Cl)c1cccs1. The smallest absolute Gasteiger partial charge is 0.253 e. The van der Waals surface area contributed by atoms with Crippen molar-refractivity contribution in [3.63, 3.8) is 0 Å². The molecule has 0 aliphatic heterocycles. The first-order valence-corrected chi connectivity index (χ1v) is 7.01. The van der Waals surface area contributed by atoms with Crippen LogP contribution in [0.1, 0.15) is 28.2 Å². The number of halogens is 2. The average molecular weight is 300 g/mol. The first-order valence-electron chi connectivity index (χ1n) is 5.38. The molecule has 1 atom stereocenters. The second-order valence-electron chi connectivity index (χ2n) is 3.81. The number of benzene rings is 1. The van der Waals surface area contributed by atoms with Crippen molar-refractivity contribution in [2.45, 2.75) is 13.0 Å². The number of hydrogen-bond donors (Lipinski definition) is 1. The number of carbonyl (C=O) groups is 1. The van der Waals surface area contributed by atoms with Crippen LogP contribution < -0.4 is 5.32 Å².